The Morgan fingerprint density at radius 1 is 1.25 bits per heavy atom. The zero-order valence-corrected chi connectivity index (χ0v) is 9.32. The van der Waals surface area contributed by atoms with Crippen molar-refractivity contribution in [3.63, 3.8) is 0 Å². The topological polar surface area (TPSA) is 67.8 Å². The number of rotatable bonds is 6. The Kier molecular flexibility index (Phi) is 4.60. The van der Waals surface area contributed by atoms with Gasteiger partial charge >= 0.3 is 5.97 Å². The van der Waals surface area contributed by atoms with Crippen molar-refractivity contribution >= 4 is 5.97 Å². The van der Waals surface area contributed by atoms with Crippen molar-refractivity contribution in [3.8, 4) is 11.5 Å². The summed E-state index contributed by atoms with van der Waals surface area (Å²) in [6.07, 6.45) is 0. The average molecular weight is 225 g/mol. The Morgan fingerprint density at radius 3 is 2.25 bits per heavy atom. The Morgan fingerprint density at radius 2 is 1.81 bits per heavy atom. The molecule has 0 fully saturated rings. The molecule has 2 N–H and O–H groups in total. The Labute approximate surface area is 94.0 Å². The Bertz CT molecular complexity index is 343. The minimum absolute atomic E-state index is 0.0699. The van der Waals surface area contributed by atoms with Gasteiger partial charge in [-0.15, -0.1) is 0 Å². The molecule has 0 spiro atoms. The molecule has 1 rings (SSSR count). The van der Waals surface area contributed by atoms with Crippen molar-refractivity contribution in [1.82, 2.24) is 5.32 Å². The molecule has 1 aromatic rings. The molecule has 0 unspecified atom stereocenters. The standard InChI is InChI=1S/C11H15NO4/c1-15-9-3-8(4-10(5-9)16-2)6-12-7-11(13)14/h3-5,12H,6-7H2,1-2H3,(H,13,14). The van der Waals surface area contributed by atoms with Crippen LogP contribution in [0.1, 0.15) is 5.56 Å². The second kappa shape index (κ2) is 5.97. The summed E-state index contributed by atoms with van der Waals surface area (Å²) in [6, 6.07) is 5.43. The molecule has 0 aromatic heterocycles. The molecule has 0 saturated carbocycles. The largest absolute Gasteiger partial charge is 0.497 e. The van der Waals surface area contributed by atoms with E-state index in [1.54, 1.807) is 20.3 Å². The van der Waals surface area contributed by atoms with Crippen molar-refractivity contribution in [2.75, 3.05) is 20.8 Å². The van der Waals surface area contributed by atoms with E-state index in [0.29, 0.717) is 18.0 Å². The third-order valence-electron chi connectivity index (χ3n) is 2.02. The zero-order valence-electron chi connectivity index (χ0n) is 9.32. The zero-order chi connectivity index (χ0) is 12.0. The van der Waals surface area contributed by atoms with Crippen LogP contribution in [0.15, 0.2) is 18.2 Å². The molecule has 0 radical (unpaired) electrons. The fourth-order valence-corrected chi connectivity index (χ4v) is 1.28. The van der Waals surface area contributed by atoms with E-state index in [4.69, 9.17) is 14.6 Å². The molecule has 1 aromatic carbocycles. The molecule has 0 aliphatic rings. The lowest BCUT2D eigenvalue weighted by Gasteiger charge is -2.08. The molecule has 88 valence electrons. The molecular weight excluding hydrogens is 210 g/mol. The van der Waals surface area contributed by atoms with Gasteiger partial charge in [0.1, 0.15) is 11.5 Å². The first kappa shape index (κ1) is 12.3. The first-order chi connectivity index (χ1) is 7.65. The van der Waals surface area contributed by atoms with Gasteiger partial charge in [0.05, 0.1) is 20.8 Å². The van der Waals surface area contributed by atoms with E-state index >= 15 is 0 Å². The SMILES string of the molecule is COc1cc(CNCC(=O)O)cc(OC)c1. The lowest BCUT2D eigenvalue weighted by molar-refractivity contribution is -0.135. The van der Waals surface area contributed by atoms with Gasteiger partial charge in [-0.3, -0.25) is 4.79 Å². The van der Waals surface area contributed by atoms with Crippen molar-refractivity contribution in [2.24, 2.45) is 0 Å². The summed E-state index contributed by atoms with van der Waals surface area (Å²) in [5.74, 6) is 0.493. The molecular formula is C11H15NO4. The van der Waals surface area contributed by atoms with Gasteiger partial charge in [-0.25, -0.2) is 0 Å². The van der Waals surface area contributed by atoms with Gasteiger partial charge < -0.3 is 19.9 Å². The van der Waals surface area contributed by atoms with E-state index in [9.17, 15) is 4.79 Å². The molecule has 0 saturated heterocycles. The van der Waals surface area contributed by atoms with Crippen LogP contribution in [0.2, 0.25) is 0 Å². The summed E-state index contributed by atoms with van der Waals surface area (Å²) in [5.41, 5.74) is 0.914. The molecule has 5 nitrogen and oxygen atoms in total. The maximum absolute atomic E-state index is 10.3. The lowest BCUT2D eigenvalue weighted by Crippen LogP contribution is -2.21. The molecule has 16 heavy (non-hydrogen) atoms. The predicted octanol–water partition coefficient (Wildman–Crippen LogP) is 0.878. The molecule has 5 heteroatoms. The van der Waals surface area contributed by atoms with Crippen LogP contribution < -0.4 is 14.8 Å². The molecule has 0 aliphatic heterocycles. The minimum atomic E-state index is -0.880. The van der Waals surface area contributed by atoms with Crippen LogP contribution in [0.25, 0.3) is 0 Å². The van der Waals surface area contributed by atoms with Crippen LogP contribution in [0.3, 0.4) is 0 Å². The summed E-state index contributed by atoms with van der Waals surface area (Å²) in [6.45, 7) is 0.388. The maximum Gasteiger partial charge on any atom is 0.317 e. The second-order valence-electron chi connectivity index (χ2n) is 3.22. The average Bonchev–Trinajstić information content (AvgIpc) is 2.28. The molecule has 0 amide bonds. The normalized spacial score (nSPS) is 9.88. The molecule has 0 atom stereocenters. The highest BCUT2D eigenvalue weighted by atomic mass is 16.5. The van der Waals surface area contributed by atoms with Crippen LogP contribution in [0.4, 0.5) is 0 Å². The fraction of sp³-hybridized carbons (Fsp3) is 0.364. The van der Waals surface area contributed by atoms with Crippen LogP contribution in [-0.4, -0.2) is 31.8 Å². The van der Waals surface area contributed by atoms with Crippen molar-refractivity contribution in [3.05, 3.63) is 23.8 Å². The van der Waals surface area contributed by atoms with Crippen LogP contribution in [0, 0.1) is 0 Å². The summed E-state index contributed by atoms with van der Waals surface area (Å²) < 4.78 is 10.2. The van der Waals surface area contributed by atoms with Crippen LogP contribution in [0.5, 0.6) is 11.5 Å². The van der Waals surface area contributed by atoms with Gasteiger partial charge in [0.15, 0.2) is 0 Å². The first-order valence-electron chi connectivity index (χ1n) is 4.80. The fourth-order valence-electron chi connectivity index (χ4n) is 1.28. The van der Waals surface area contributed by atoms with E-state index in [1.807, 2.05) is 12.1 Å². The van der Waals surface area contributed by atoms with Gasteiger partial charge in [0.2, 0.25) is 0 Å². The number of methoxy groups -OCH3 is 2. The van der Waals surface area contributed by atoms with Gasteiger partial charge in [0.25, 0.3) is 0 Å². The number of hydrogen-bond acceptors (Lipinski definition) is 4. The van der Waals surface area contributed by atoms with Gasteiger partial charge in [-0.05, 0) is 17.7 Å². The number of ether oxygens (including phenoxy) is 2. The Balaban J connectivity index is 2.67. The highest BCUT2D eigenvalue weighted by molar-refractivity contribution is 5.69. The summed E-state index contributed by atoms with van der Waals surface area (Å²) >= 11 is 0. The highest BCUT2D eigenvalue weighted by Crippen LogP contribution is 2.22. The number of carbonyl (C=O) groups is 1. The van der Waals surface area contributed by atoms with Crippen molar-refractivity contribution < 1.29 is 19.4 Å². The summed E-state index contributed by atoms with van der Waals surface area (Å²) in [7, 11) is 3.15. The summed E-state index contributed by atoms with van der Waals surface area (Å²) in [5, 5.41) is 11.3. The third-order valence-corrected chi connectivity index (χ3v) is 2.02. The number of aliphatic carboxylic acids is 1. The van der Waals surface area contributed by atoms with Crippen LogP contribution >= 0.6 is 0 Å². The molecule has 0 aliphatic carbocycles. The number of hydrogen-bond donors (Lipinski definition) is 2. The third kappa shape index (κ3) is 3.78. The number of benzene rings is 1. The van der Waals surface area contributed by atoms with E-state index in [0.717, 1.165) is 5.56 Å². The Hall–Kier alpha value is -1.75. The van der Waals surface area contributed by atoms with Gasteiger partial charge in [0, 0.05) is 12.6 Å². The van der Waals surface area contributed by atoms with Crippen LogP contribution in [-0.2, 0) is 11.3 Å². The molecule has 0 heterocycles. The van der Waals surface area contributed by atoms with Crippen molar-refractivity contribution in [1.29, 1.82) is 0 Å². The monoisotopic (exact) mass is 225 g/mol. The van der Waals surface area contributed by atoms with Gasteiger partial charge in [-0.1, -0.05) is 0 Å². The summed E-state index contributed by atoms with van der Waals surface area (Å²) in [4.78, 5) is 10.3. The molecule has 0 bridgehead atoms. The van der Waals surface area contributed by atoms with E-state index in [-0.39, 0.29) is 6.54 Å². The van der Waals surface area contributed by atoms with E-state index < -0.39 is 5.97 Å². The highest BCUT2D eigenvalue weighted by Gasteiger charge is 2.02. The minimum Gasteiger partial charge on any atom is -0.497 e. The van der Waals surface area contributed by atoms with E-state index in [2.05, 4.69) is 5.32 Å². The van der Waals surface area contributed by atoms with Crippen molar-refractivity contribution in [2.45, 2.75) is 6.54 Å². The number of nitrogens with one attached hydrogen (secondary N) is 1. The lowest BCUT2D eigenvalue weighted by atomic mass is 10.2. The number of carboxylic acid groups (broad SMARTS) is 1. The van der Waals surface area contributed by atoms with E-state index in [1.165, 1.54) is 0 Å². The quantitative estimate of drug-likeness (QED) is 0.752. The smallest absolute Gasteiger partial charge is 0.317 e. The predicted molar refractivity (Wildman–Crippen MR) is 58.9 cm³/mol. The van der Waals surface area contributed by atoms with Gasteiger partial charge in [-0.2, -0.15) is 0 Å². The first-order valence-corrected chi connectivity index (χ1v) is 4.80. The number of carboxylic acids is 1. The maximum atomic E-state index is 10.3. The second-order valence-corrected chi connectivity index (χ2v) is 3.22.